The molecule has 0 unspecified atom stereocenters. The Hall–Kier alpha value is -2.84. The van der Waals surface area contributed by atoms with Gasteiger partial charge in [0.05, 0.1) is 21.2 Å². The van der Waals surface area contributed by atoms with Crippen LogP contribution in [0.4, 0.5) is 5.13 Å². The zero-order valence-corrected chi connectivity index (χ0v) is 17.6. The van der Waals surface area contributed by atoms with Crippen LogP contribution in [0.2, 0.25) is 0 Å². The van der Waals surface area contributed by atoms with Crippen molar-refractivity contribution >= 4 is 38.0 Å². The minimum absolute atomic E-state index is 0.149. The highest BCUT2D eigenvalue weighted by Gasteiger charge is 2.20. The second-order valence-corrected chi connectivity index (χ2v) is 9.66. The van der Waals surface area contributed by atoms with Crippen molar-refractivity contribution in [1.29, 1.82) is 0 Å². The lowest BCUT2D eigenvalue weighted by atomic mass is 10.1. The number of hydrogen-bond acceptors (Lipinski definition) is 6. The monoisotopic (exact) mass is 428 g/mol. The molecule has 0 aliphatic carbocycles. The molecule has 1 N–H and O–H groups in total. The molecule has 0 aliphatic rings. The van der Waals surface area contributed by atoms with Crippen LogP contribution >= 0.6 is 11.3 Å². The molecule has 0 spiro atoms. The minimum atomic E-state index is -3.56. The molecule has 8 heteroatoms. The molecule has 29 heavy (non-hydrogen) atoms. The van der Waals surface area contributed by atoms with Crippen molar-refractivity contribution in [3.8, 4) is 11.3 Å². The van der Waals surface area contributed by atoms with Crippen molar-refractivity contribution in [3.63, 3.8) is 0 Å². The van der Waals surface area contributed by atoms with Gasteiger partial charge in [-0.2, -0.15) is 0 Å². The Bertz CT molecular complexity index is 1140. The van der Waals surface area contributed by atoms with Gasteiger partial charge < -0.3 is 5.32 Å². The largest absolute Gasteiger partial charge is 0.302 e. The number of thiazole rings is 1. The second kappa shape index (κ2) is 8.67. The van der Waals surface area contributed by atoms with Gasteiger partial charge in [-0.3, -0.25) is 9.59 Å². The quantitative estimate of drug-likeness (QED) is 0.571. The van der Waals surface area contributed by atoms with E-state index in [9.17, 15) is 18.0 Å². The van der Waals surface area contributed by atoms with Crippen LogP contribution in [0, 0.1) is 6.92 Å². The fraction of sp³-hybridized carbons (Fsp3) is 0.190. The molecule has 0 fully saturated rings. The Morgan fingerprint density at radius 1 is 1.03 bits per heavy atom. The van der Waals surface area contributed by atoms with Gasteiger partial charge in [0.2, 0.25) is 5.91 Å². The normalized spacial score (nSPS) is 11.2. The van der Waals surface area contributed by atoms with E-state index in [0.717, 1.165) is 22.5 Å². The van der Waals surface area contributed by atoms with Gasteiger partial charge in [-0.15, -0.1) is 0 Å². The van der Waals surface area contributed by atoms with E-state index < -0.39 is 15.7 Å². The average molecular weight is 429 g/mol. The molecule has 3 aromatic rings. The predicted octanol–water partition coefficient (Wildman–Crippen LogP) is 4.12. The molecular weight excluding hydrogens is 408 g/mol. The average Bonchev–Trinajstić information content (AvgIpc) is 3.12. The molecule has 2 aromatic carbocycles. The first kappa shape index (κ1) is 20.9. The van der Waals surface area contributed by atoms with Crippen molar-refractivity contribution < 1.29 is 18.0 Å². The van der Waals surface area contributed by atoms with Crippen LogP contribution < -0.4 is 5.32 Å². The van der Waals surface area contributed by atoms with Crippen LogP contribution in [-0.4, -0.2) is 30.8 Å². The maximum atomic E-state index is 12.4. The Morgan fingerprint density at radius 3 is 2.31 bits per heavy atom. The third-order valence-corrected chi connectivity index (χ3v) is 7.02. The molecule has 0 aliphatic heterocycles. The summed E-state index contributed by atoms with van der Waals surface area (Å²) in [6.45, 7) is 3.32. The number of amides is 1. The highest BCUT2D eigenvalue weighted by molar-refractivity contribution is 7.91. The Kier molecular flexibility index (Phi) is 6.24. The van der Waals surface area contributed by atoms with Crippen LogP contribution in [0.25, 0.3) is 11.3 Å². The van der Waals surface area contributed by atoms with Crippen molar-refractivity contribution in [2.75, 3.05) is 11.1 Å². The number of sulfone groups is 1. The summed E-state index contributed by atoms with van der Waals surface area (Å²) in [6.07, 6.45) is -0.203. The van der Waals surface area contributed by atoms with Gasteiger partial charge in [-0.05, 0) is 19.1 Å². The lowest BCUT2D eigenvalue weighted by Crippen LogP contribution is -2.17. The van der Waals surface area contributed by atoms with E-state index >= 15 is 0 Å². The summed E-state index contributed by atoms with van der Waals surface area (Å²) in [7, 11) is -3.56. The van der Waals surface area contributed by atoms with E-state index in [0.29, 0.717) is 10.6 Å². The van der Waals surface area contributed by atoms with Gasteiger partial charge in [0.15, 0.2) is 20.8 Å². The van der Waals surface area contributed by atoms with E-state index in [2.05, 4.69) is 10.3 Å². The van der Waals surface area contributed by atoms with Crippen LogP contribution in [0.1, 0.15) is 28.6 Å². The van der Waals surface area contributed by atoms with Crippen molar-refractivity contribution in [2.24, 2.45) is 0 Å². The van der Waals surface area contributed by atoms with Crippen LogP contribution in [0.15, 0.2) is 59.5 Å². The molecule has 6 nitrogen and oxygen atoms in total. The third-order valence-electron chi connectivity index (χ3n) is 4.22. The fourth-order valence-electron chi connectivity index (χ4n) is 2.68. The van der Waals surface area contributed by atoms with E-state index in [-0.39, 0.29) is 28.0 Å². The van der Waals surface area contributed by atoms with E-state index in [1.54, 1.807) is 12.1 Å². The molecule has 150 valence electrons. The second-order valence-electron chi connectivity index (χ2n) is 6.55. The number of rotatable bonds is 7. The van der Waals surface area contributed by atoms with Gasteiger partial charge >= 0.3 is 0 Å². The number of benzene rings is 2. The summed E-state index contributed by atoms with van der Waals surface area (Å²) >= 11 is 1.08. The number of aryl methyl sites for hydroxylation is 1. The van der Waals surface area contributed by atoms with E-state index in [1.807, 2.05) is 37.3 Å². The molecule has 0 saturated carbocycles. The summed E-state index contributed by atoms with van der Waals surface area (Å²) in [5, 5.41) is 2.88. The lowest BCUT2D eigenvalue weighted by molar-refractivity contribution is -0.115. The zero-order chi connectivity index (χ0) is 21.0. The molecule has 1 aromatic heterocycles. The first-order valence-corrected chi connectivity index (χ1v) is 11.4. The van der Waals surface area contributed by atoms with Gasteiger partial charge in [0.25, 0.3) is 0 Å². The summed E-state index contributed by atoms with van der Waals surface area (Å²) in [4.78, 5) is 29.2. The number of anilines is 1. The smallest absolute Gasteiger partial charge is 0.227 e. The number of carbonyl (C=O) groups is 2. The summed E-state index contributed by atoms with van der Waals surface area (Å²) in [6, 6.07) is 15.7. The van der Waals surface area contributed by atoms with E-state index in [4.69, 9.17) is 0 Å². The molecule has 0 radical (unpaired) electrons. The van der Waals surface area contributed by atoms with Crippen molar-refractivity contribution in [3.05, 3.63) is 65.0 Å². The maximum absolute atomic E-state index is 12.4. The van der Waals surface area contributed by atoms with Crippen molar-refractivity contribution in [1.82, 2.24) is 4.98 Å². The third kappa shape index (κ3) is 5.16. The molecule has 1 amide bonds. The molecule has 0 saturated heterocycles. The molecule has 0 atom stereocenters. The number of nitrogens with one attached hydrogen (secondary N) is 1. The zero-order valence-electron chi connectivity index (χ0n) is 16.0. The first-order valence-electron chi connectivity index (χ1n) is 8.93. The molecular formula is C21H20N2O4S2. The predicted molar refractivity (Wildman–Crippen MR) is 114 cm³/mol. The SMILES string of the molecule is CC(=O)c1sc(NC(=O)CCS(=O)(=O)c2ccc(C)cc2)nc1-c1ccccc1. The van der Waals surface area contributed by atoms with Crippen LogP contribution in [0.3, 0.4) is 0 Å². The number of ketones is 1. The van der Waals surface area contributed by atoms with Crippen LogP contribution in [-0.2, 0) is 14.6 Å². The number of hydrogen-bond donors (Lipinski definition) is 1. The lowest BCUT2D eigenvalue weighted by Gasteiger charge is -2.05. The highest BCUT2D eigenvalue weighted by atomic mass is 32.2. The first-order chi connectivity index (χ1) is 13.8. The summed E-state index contributed by atoms with van der Waals surface area (Å²) < 4.78 is 24.8. The molecule has 0 bridgehead atoms. The van der Waals surface area contributed by atoms with Gasteiger partial charge in [-0.25, -0.2) is 13.4 Å². The molecule has 3 rings (SSSR count). The summed E-state index contributed by atoms with van der Waals surface area (Å²) in [5.41, 5.74) is 2.24. The minimum Gasteiger partial charge on any atom is -0.302 e. The van der Waals surface area contributed by atoms with E-state index in [1.165, 1.54) is 19.1 Å². The highest BCUT2D eigenvalue weighted by Crippen LogP contribution is 2.31. The molecule has 1 heterocycles. The van der Waals surface area contributed by atoms with Crippen LogP contribution in [0.5, 0.6) is 0 Å². The number of carbonyl (C=O) groups excluding carboxylic acids is 2. The van der Waals surface area contributed by atoms with Crippen molar-refractivity contribution in [2.45, 2.75) is 25.2 Å². The number of aromatic nitrogens is 1. The Labute approximate surface area is 173 Å². The van der Waals surface area contributed by atoms with Gasteiger partial charge in [-0.1, -0.05) is 59.4 Å². The fourth-order valence-corrected chi connectivity index (χ4v) is 4.82. The number of nitrogens with zero attached hydrogens (tertiary/aromatic N) is 1. The topological polar surface area (TPSA) is 93.2 Å². The standard InChI is InChI=1S/C21H20N2O4S2/c1-14-8-10-17(11-9-14)29(26,27)13-12-18(25)22-21-23-19(20(28-21)15(2)24)16-6-4-3-5-7-16/h3-11H,12-13H2,1-2H3,(H,22,23,25). The Morgan fingerprint density at radius 2 is 1.69 bits per heavy atom. The Balaban J connectivity index is 1.71. The summed E-state index contributed by atoms with van der Waals surface area (Å²) in [5.74, 6) is -0.925. The van der Waals surface area contributed by atoms with Gasteiger partial charge in [0.1, 0.15) is 0 Å². The maximum Gasteiger partial charge on any atom is 0.227 e. The number of Topliss-reactive ketones (excluding diaryl/α,β-unsaturated/α-hetero) is 1. The van der Waals surface area contributed by atoms with Gasteiger partial charge in [0, 0.05) is 18.9 Å².